The second kappa shape index (κ2) is 8.40. The van der Waals surface area contributed by atoms with Crippen LogP contribution < -0.4 is 10.1 Å². The zero-order valence-corrected chi connectivity index (χ0v) is 14.4. The van der Waals surface area contributed by atoms with Crippen molar-refractivity contribution in [2.75, 3.05) is 20.3 Å². The highest BCUT2D eigenvalue weighted by molar-refractivity contribution is 5.30. The normalized spacial score (nSPS) is 14.8. The van der Waals surface area contributed by atoms with Crippen LogP contribution in [-0.2, 0) is 4.74 Å². The minimum absolute atomic E-state index is 0.0708. The topological polar surface area (TPSA) is 30.5 Å². The minimum atomic E-state index is 0.0708. The Balaban J connectivity index is 3.05. The van der Waals surface area contributed by atoms with E-state index in [2.05, 4.69) is 52.1 Å². The van der Waals surface area contributed by atoms with Crippen molar-refractivity contribution in [3.05, 3.63) is 29.8 Å². The van der Waals surface area contributed by atoms with Gasteiger partial charge in [-0.15, -0.1) is 0 Å². The van der Waals surface area contributed by atoms with Gasteiger partial charge in [0.05, 0.1) is 19.3 Å². The lowest BCUT2D eigenvalue weighted by molar-refractivity contribution is -0.0365. The van der Waals surface area contributed by atoms with E-state index in [1.165, 1.54) is 5.56 Å². The largest absolute Gasteiger partial charge is 0.497 e. The number of rotatable bonds is 8. The van der Waals surface area contributed by atoms with Crippen molar-refractivity contribution in [1.29, 1.82) is 0 Å². The molecule has 0 fully saturated rings. The van der Waals surface area contributed by atoms with E-state index in [1.807, 2.05) is 12.1 Å². The van der Waals surface area contributed by atoms with Gasteiger partial charge >= 0.3 is 0 Å². The van der Waals surface area contributed by atoms with Gasteiger partial charge in [0.25, 0.3) is 0 Å². The van der Waals surface area contributed by atoms with Crippen molar-refractivity contribution in [1.82, 2.24) is 5.32 Å². The Kier molecular flexibility index (Phi) is 7.20. The number of methoxy groups -OCH3 is 1. The van der Waals surface area contributed by atoms with Crippen molar-refractivity contribution in [3.63, 3.8) is 0 Å². The molecule has 2 unspecified atom stereocenters. The van der Waals surface area contributed by atoms with Gasteiger partial charge in [-0.3, -0.25) is 0 Å². The molecule has 0 bridgehead atoms. The molecule has 0 aromatic heterocycles. The molecule has 0 heterocycles. The van der Waals surface area contributed by atoms with Crippen LogP contribution in [0.5, 0.6) is 5.75 Å². The minimum Gasteiger partial charge on any atom is -0.497 e. The van der Waals surface area contributed by atoms with Crippen LogP contribution in [0.25, 0.3) is 0 Å². The van der Waals surface area contributed by atoms with E-state index < -0.39 is 0 Å². The zero-order chi connectivity index (χ0) is 15.9. The van der Waals surface area contributed by atoms with Crippen LogP contribution >= 0.6 is 0 Å². The molecule has 3 heteroatoms. The Labute approximate surface area is 130 Å². The molecule has 0 saturated heterocycles. The van der Waals surface area contributed by atoms with Gasteiger partial charge in [-0.25, -0.2) is 0 Å². The molecule has 0 aliphatic heterocycles. The lowest BCUT2D eigenvalue weighted by Crippen LogP contribution is -2.42. The summed E-state index contributed by atoms with van der Waals surface area (Å²) in [4.78, 5) is 0. The number of ether oxygens (including phenoxy) is 2. The van der Waals surface area contributed by atoms with Crippen LogP contribution in [0.1, 0.15) is 52.6 Å². The van der Waals surface area contributed by atoms with E-state index in [1.54, 1.807) is 7.11 Å². The molecule has 3 nitrogen and oxygen atoms in total. The third-order valence-corrected chi connectivity index (χ3v) is 3.59. The predicted octanol–water partition coefficient (Wildman–Crippen LogP) is 4.19. The van der Waals surface area contributed by atoms with E-state index in [9.17, 15) is 0 Å². The fraction of sp³-hybridized carbons (Fsp3) is 0.667. The molecule has 0 saturated carbocycles. The quantitative estimate of drug-likeness (QED) is 0.779. The van der Waals surface area contributed by atoms with Crippen LogP contribution in [0, 0.1) is 5.41 Å². The van der Waals surface area contributed by atoms with Gasteiger partial charge in [0.2, 0.25) is 0 Å². The van der Waals surface area contributed by atoms with E-state index >= 15 is 0 Å². The standard InChI is InChI=1S/C18H31NO2/c1-7-13-19-16(17(21-8-2)18(3,4)5)14-9-11-15(20-6)12-10-14/h9-12,16-17,19H,7-8,13H2,1-6H3. The summed E-state index contributed by atoms with van der Waals surface area (Å²) < 4.78 is 11.3. The molecule has 1 aromatic carbocycles. The van der Waals surface area contributed by atoms with Crippen LogP contribution in [0.15, 0.2) is 24.3 Å². The first-order valence-corrected chi connectivity index (χ1v) is 7.93. The summed E-state index contributed by atoms with van der Waals surface area (Å²) in [5.41, 5.74) is 1.32. The molecule has 1 N–H and O–H groups in total. The third kappa shape index (κ3) is 5.33. The molecule has 0 radical (unpaired) electrons. The van der Waals surface area contributed by atoms with Gasteiger partial charge in [0.1, 0.15) is 5.75 Å². The summed E-state index contributed by atoms with van der Waals surface area (Å²) in [6.45, 7) is 12.7. The molecular weight excluding hydrogens is 262 g/mol. The Bertz CT molecular complexity index is 395. The highest BCUT2D eigenvalue weighted by atomic mass is 16.5. The smallest absolute Gasteiger partial charge is 0.118 e. The first kappa shape index (κ1) is 18.0. The number of benzene rings is 1. The second-order valence-corrected chi connectivity index (χ2v) is 6.45. The maximum Gasteiger partial charge on any atom is 0.118 e. The van der Waals surface area contributed by atoms with Crippen molar-refractivity contribution in [2.24, 2.45) is 5.41 Å². The van der Waals surface area contributed by atoms with Gasteiger partial charge in [-0.2, -0.15) is 0 Å². The Morgan fingerprint density at radius 3 is 2.14 bits per heavy atom. The molecule has 0 aliphatic rings. The van der Waals surface area contributed by atoms with Crippen LogP contribution in [0.4, 0.5) is 0 Å². The summed E-state index contributed by atoms with van der Waals surface area (Å²) >= 11 is 0. The molecular formula is C18H31NO2. The Hall–Kier alpha value is -1.06. The maximum atomic E-state index is 6.08. The Morgan fingerprint density at radius 2 is 1.71 bits per heavy atom. The molecule has 0 spiro atoms. The van der Waals surface area contributed by atoms with Crippen molar-refractivity contribution >= 4 is 0 Å². The maximum absolute atomic E-state index is 6.08. The van der Waals surface area contributed by atoms with E-state index in [4.69, 9.17) is 9.47 Å². The van der Waals surface area contributed by atoms with Crippen LogP contribution in [0.2, 0.25) is 0 Å². The van der Waals surface area contributed by atoms with Gasteiger partial charge in [-0.05, 0) is 43.0 Å². The second-order valence-electron chi connectivity index (χ2n) is 6.45. The average molecular weight is 293 g/mol. The third-order valence-electron chi connectivity index (χ3n) is 3.59. The molecule has 0 aliphatic carbocycles. The summed E-state index contributed by atoms with van der Waals surface area (Å²) in [5, 5.41) is 3.65. The van der Waals surface area contributed by atoms with Gasteiger partial charge < -0.3 is 14.8 Å². The van der Waals surface area contributed by atoms with Gasteiger partial charge in [0.15, 0.2) is 0 Å². The van der Waals surface area contributed by atoms with E-state index in [0.29, 0.717) is 0 Å². The van der Waals surface area contributed by atoms with Crippen LogP contribution in [0.3, 0.4) is 0 Å². The molecule has 120 valence electrons. The first-order chi connectivity index (χ1) is 9.93. The fourth-order valence-electron chi connectivity index (χ4n) is 2.54. The number of hydrogen-bond donors (Lipinski definition) is 1. The van der Waals surface area contributed by atoms with Crippen molar-refractivity contribution in [2.45, 2.75) is 53.2 Å². The summed E-state index contributed by atoms with van der Waals surface area (Å²) in [6, 6.07) is 8.48. The average Bonchev–Trinajstić information content (AvgIpc) is 2.46. The van der Waals surface area contributed by atoms with E-state index in [0.717, 1.165) is 25.3 Å². The summed E-state index contributed by atoms with van der Waals surface area (Å²) in [5.74, 6) is 0.886. The van der Waals surface area contributed by atoms with E-state index in [-0.39, 0.29) is 17.6 Å². The molecule has 2 atom stereocenters. The van der Waals surface area contributed by atoms with Gasteiger partial charge in [-0.1, -0.05) is 39.8 Å². The summed E-state index contributed by atoms with van der Waals surface area (Å²) in [6.07, 6.45) is 1.23. The Morgan fingerprint density at radius 1 is 1.10 bits per heavy atom. The highest BCUT2D eigenvalue weighted by Crippen LogP contribution is 2.33. The fourth-order valence-corrected chi connectivity index (χ4v) is 2.54. The lowest BCUT2D eigenvalue weighted by Gasteiger charge is -2.37. The lowest BCUT2D eigenvalue weighted by atomic mass is 9.82. The molecule has 1 aromatic rings. The van der Waals surface area contributed by atoms with Crippen LogP contribution in [-0.4, -0.2) is 26.4 Å². The number of nitrogens with one attached hydrogen (secondary N) is 1. The van der Waals surface area contributed by atoms with Gasteiger partial charge in [0, 0.05) is 6.61 Å². The summed E-state index contributed by atoms with van der Waals surface area (Å²) in [7, 11) is 1.69. The zero-order valence-electron chi connectivity index (χ0n) is 14.4. The SMILES string of the molecule is CCCNC(c1ccc(OC)cc1)C(OCC)C(C)(C)C. The number of hydrogen-bond acceptors (Lipinski definition) is 3. The van der Waals surface area contributed by atoms with Crippen molar-refractivity contribution in [3.8, 4) is 5.75 Å². The molecule has 1 rings (SSSR count). The first-order valence-electron chi connectivity index (χ1n) is 7.93. The highest BCUT2D eigenvalue weighted by Gasteiger charge is 2.33. The van der Waals surface area contributed by atoms with Crippen molar-refractivity contribution < 1.29 is 9.47 Å². The molecule has 0 amide bonds. The predicted molar refractivity (Wildman–Crippen MR) is 88.9 cm³/mol. The monoisotopic (exact) mass is 293 g/mol. The molecule has 21 heavy (non-hydrogen) atoms.